The third kappa shape index (κ3) is 5.13. The minimum atomic E-state index is -3.35. The van der Waals surface area contributed by atoms with E-state index >= 15 is 0 Å². The number of nitrogens with zero attached hydrogens (tertiary/aromatic N) is 2. The highest BCUT2D eigenvalue weighted by Crippen LogP contribution is 2.18. The van der Waals surface area contributed by atoms with E-state index in [-0.39, 0.29) is 11.5 Å². The van der Waals surface area contributed by atoms with E-state index in [9.17, 15) is 18.0 Å². The van der Waals surface area contributed by atoms with Gasteiger partial charge in [-0.15, -0.1) is 0 Å². The Morgan fingerprint density at radius 2 is 1.04 bits per heavy atom. The fraction of sp³-hybridized carbons (Fsp3) is 0.125. The molecule has 6 nitrogen and oxygen atoms in total. The summed E-state index contributed by atoms with van der Waals surface area (Å²) >= 11 is 0. The van der Waals surface area contributed by atoms with Crippen LogP contribution in [0.2, 0.25) is 0 Å². The van der Waals surface area contributed by atoms with Gasteiger partial charge in [-0.2, -0.15) is 9.98 Å². The molecule has 116 valence electrons. The number of hydrogen-bond acceptors (Lipinski definition) is 6. The summed E-state index contributed by atoms with van der Waals surface area (Å²) in [5.74, 6) is -0.237. The number of carbonyl (C=O) groups excluding carboxylic acids is 2. The summed E-state index contributed by atoms with van der Waals surface area (Å²) in [4.78, 5) is 27.2. The maximum Gasteiger partial charge on any atom is 0.240 e. The highest BCUT2D eigenvalue weighted by molar-refractivity contribution is 7.89. The van der Waals surface area contributed by atoms with Gasteiger partial charge in [0.15, 0.2) is 9.84 Å². The van der Waals surface area contributed by atoms with Crippen molar-refractivity contribution >= 4 is 33.4 Å². The predicted molar refractivity (Wildman–Crippen MR) is 84.8 cm³/mol. The predicted octanol–water partition coefficient (Wildman–Crippen LogP) is 2.74. The van der Waals surface area contributed by atoms with E-state index in [0.29, 0.717) is 22.5 Å². The van der Waals surface area contributed by atoms with E-state index in [1.165, 1.54) is 12.2 Å². The molecule has 0 saturated heterocycles. The summed E-state index contributed by atoms with van der Waals surface area (Å²) in [6.07, 6.45) is 2.85. The van der Waals surface area contributed by atoms with E-state index in [2.05, 4.69) is 9.98 Å². The van der Waals surface area contributed by atoms with Crippen molar-refractivity contribution in [3.8, 4) is 0 Å². The van der Waals surface area contributed by atoms with Gasteiger partial charge < -0.3 is 0 Å². The third-order valence-electron chi connectivity index (χ3n) is 3.00. The fourth-order valence-electron chi connectivity index (χ4n) is 2.00. The Morgan fingerprint density at radius 3 is 1.35 bits per heavy atom. The van der Waals surface area contributed by atoms with Crippen molar-refractivity contribution in [3.05, 3.63) is 59.7 Å². The van der Waals surface area contributed by atoms with Gasteiger partial charge in [0.05, 0.1) is 22.9 Å². The molecule has 2 aromatic rings. The molecule has 0 saturated carbocycles. The number of isocyanates is 2. The topological polar surface area (TPSA) is 93.0 Å². The van der Waals surface area contributed by atoms with E-state index in [0.717, 1.165) is 0 Å². The molecule has 0 bridgehead atoms. The molecule has 0 unspecified atom stereocenters. The summed E-state index contributed by atoms with van der Waals surface area (Å²) in [7, 11) is -3.35. The Bertz CT molecular complexity index is 805. The zero-order valence-electron chi connectivity index (χ0n) is 12.0. The lowest BCUT2D eigenvalue weighted by Gasteiger charge is -2.05. The molecule has 7 heteroatoms. The molecule has 0 heterocycles. The summed E-state index contributed by atoms with van der Waals surface area (Å²) < 4.78 is 24.4. The molecule has 0 fully saturated rings. The van der Waals surface area contributed by atoms with Gasteiger partial charge in [0.2, 0.25) is 12.2 Å². The average molecular weight is 328 g/mol. The normalized spacial score (nSPS) is 10.4. The Kier molecular flexibility index (Phi) is 5.33. The van der Waals surface area contributed by atoms with E-state index in [4.69, 9.17) is 0 Å². The lowest BCUT2D eigenvalue weighted by Crippen LogP contribution is -2.07. The molecule has 0 atom stereocenters. The number of sulfone groups is 1. The van der Waals surface area contributed by atoms with Gasteiger partial charge in [0, 0.05) is 0 Å². The minimum absolute atomic E-state index is 0.119. The zero-order chi connectivity index (χ0) is 16.7. The minimum Gasteiger partial charge on any atom is -0.228 e. The smallest absolute Gasteiger partial charge is 0.228 e. The second kappa shape index (κ2) is 7.42. The van der Waals surface area contributed by atoms with Crippen LogP contribution in [0.25, 0.3) is 0 Å². The first-order valence-electron chi connectivity index (χ1n) is 6.56. The Labute approximate surface area is 133 Å². The molecule has 0 spiro atoms. The van der Waals surface area contributed by atoms with E-state index in [1.54, 1.807) is 48.5 Å². The Morgan fingerprint density at radius 1 is 0.696 bits per heavy atom. The molecule has 0 radical (unpaired) electrons. The van der Waals surface area contributed by atoms with Crippen LogP contribution in [-0.2, 0) is 30.9 Å². The zero-order valence-corrected chi connectivity index (χ0v) is 12.8. The maximum absolute atomic E-state index is 12.2. The molecule has 0 aliphatic rings. The maximum atomic E-state index is 12.2. The van der Waals surface area contributed by atoms with Crippen LogP contribution < -0.4 is 0 Å². The van der Waals surface area contributed by atoms with Gasteiger partial charge in [-0.3, -0.25) is 0 Å². The van der Waals surface area contributed by atoms with Crippen LogP contribution in [-0.4, -0.2) is 20.6 Å². The monoisotopic (exact) mass is 328 g/mol. The molecule has 0 amide bonds. The molecule has 0 N–H and O–H groups in total. The van der Waals surface area contributed by atoms with Crippen LogP contribution in [0.1, 0.15) is 11.1 Å². The van der Waals surface area contributed by atoms with Crippen LogP contribution in [0.3, 0.4) is 0 Å². The Hall–Kier alpha value is -2.85. The van der Waals surface area contributed by atoms with Crippen molar-refractivity contribution in [1.29, 1.82) is 0 Å². The van der Waals surface area contributed by atoms with Crippen molar-refractivity contribution < 1.29 is 18.0 Å². The standard InChI is InChI=1S/C16H12N2O4S/c19-11-17-15-5-1-13(2-6-15)9-23(21,22)10-14-3-7-16(8-4-14)18-12-20/h1-8H,9-10H2. The fourth-order valence-corrected chi connectivity index (χ4v) is 3.50. The van der Waals surface area contributed by atoms with E-state index < -0.39 is 9.84 Å². The first-order chi connectivity index (χ1) is 11.0. The molecule has 0 aromatic heterocycles. The quantitative estimate of drug-likeness (QED) is 0.602. The SMILES string of the molecule is O=C=Nc1ccc(CS(=O)(=O)Cc2ccc(N=C=O)cc2)cc1. The molecular formula is C16H12N2O4S. The van der Waals surface area contributed by atoms with Gasteiger partial charge in [-0.05, 0) is 35.4 Å². The van der Waals surface area contributed by atoms with Crippen LogP contribution in [0.5, 0.6) is 0 Å². The van der Waals surface area contributed by atoms with Crippen LogP contribution in [0.15, 0.2) is 58.5 Å². The highest BCUT2D eigenvalue weighted by Gasteiger charge is 2.13. The molecule has 2 aromatic carbocycles. The summed E-state index contributed by atoms with van der Waals surface area (Å²) in [6, 6.07) is 12.7. The van der Waals surface area contributed by atoms with Crippen molar-refractivity contribution in [2.45, 2.75) is 11.5 Å². The first kappa shape index (κ1) is 16.5. The van der Waals surface area contributed by atoms with Gasteiger partial charge in [0.25, 0.3) is 0 Å². The third-order valence-corrected chi connectivity index (χ3v) is 4.54. The van der Waals surface area contributed by atoms with Crippen LogP contribution >= 0.6 is 0 Å². The van der Waals surface area contributed by atoms with Crippen molar-refractivity contribution in [2.24, 2.45) is 9.98 Å². The Balaban J connectivity index is 2.09. The van der Waals surface area contributed by atoms with Crippen molar-refractivity contribution in [1.82, 2.24) is 0 Å². The van der Waals surface area contributed by atoms with Gasteiger partial charge in [-0.1, -0.05) is 24.3 Å². The number of rotatable bonds is 6. The summed E-state index contributed by atoms with van der Waals surface area (Å²) in [6.45, 7) is 0. The van der Waals surface area contributed by atoms with Gasteiger partial charge in [-0.25, -0.2) is 18.0 Å². The second-order valence-electron chi connectivity index (χ2n) is 4.77. The lowest BCUT2D eigenvalue weighted by molar-refractivity contribution is 0.564. The number of hydrogen-bond donors (Lipinski definition) is 0. The van der Waals surface area contributed by atoms with Crippen LogP contribution in [0.4, 0.5) is 11.4 Å². The average Bonchev–Trinajstić information content (AvgIpc) is 2.51. The van der Waals surface area contributed by atoms with Crippen molar-refractivity contribution in [2.75, 3.05) is 0 Å². The van der Waals surface area contributed by atoms with Gasteiger partial charge in [0.1, 0.15) is 0 Å². The largest absolute Gasteiger partial charge is 0.240 e. The van der Waals surface area contributed by atoms with Crippen molar-refractivity contribution in [3.63, 3.8) is 0 Å². The highest BCUT2D eigenvalue weighted by atomic mass is 32.2. The molecule has 23 heavy (non-hydrogen) atoms. The van der Waals surface area contributed by atoms with Gasteiger partial charge >= 0.3 is 0 Å². The number of benzene rings is 2. The molecular weight excluding hydrogens is 316 g/mol. The lowest BCUT2D eigenvalue weighted by atomic mass is 10.2. The van der Waals surface area contributed by atoms with Crippen LogP contribution in [0, 0.1) is 0 Å². The molecule has 2 rings (SSSR count). The first-order valence-corrected chi connectivity index (χ1v) is 8.38. The summed E-state index contributed by atoms with van der Waals surface area (Å²) in [5, 5.41) is 0. The second-order valence-corrected chi connectivity index (χ2v) is 6.84. The molecule has 0 aliphatic carbocycles. The summed E-state index contributed by atoms with van der Waals surface area (Å²) in [5.41, 5.74) is 2.06. The molecule has 0 aliphatic heterocycles. The number of aliphatic imine (C=N–C) groups is 2. The van der Waals surface area contributed by atoms with E-state index in [1.807, 2.05) is 0 Å².